The molecule has 2 aromatic rings. The maximum Gasteiger partial charge on any atom is 0.165 e. The van der Waals surface area contributed by atoms with Crippen LogP contribution in [0.4, 0.5) is 10.1 Å². The largest absolute Gasteiger partial charge is 0.494 e. The second-order valence-corrected chi connectivity index (χ2v) is 6.42. The number of piperidine rings is 1. The average Bonchev–Trinajstić information content (AvgIpc) is 2.57. The van der Waals surface area contributed by atoms with E-state index >= 15 is 0 Å². The standard InChI is InChI=1S/C18H21ClFN3O/c1-24-17-3-2-13(10-16(17)20)12-23-8-5-14(6-9-23)22-15-4-7-21-18(19)11-15/h2-4,7,10-11,14H,5-6,8-9,12H2,1H3,(H,21,22). The van der Waals surface area contributed by atoms with Crippen molar-refractivity contribution < 1.29 is 9.13 Å². The van der Waals surface area contributed by atoms with Gasteiger partial charge in [0.05, 0.1) is 7.11 Å². The third-order valence-electron chi connectivity index (χ3n) is 4.31. The number of anilines is 1. The molecule has 4 nitrogen and oxygen atoms in total. The van der Waals surface area contributed by atoms with Gasteiger partial charge in [0.15, 0.2) is 11.6 Å². The molecule has 128 valence electrons. The summed E-state index contributed by atoms with van der Waals surface area (Å²) in [5.74, 6) is -0.0150. The highest BCUT2D eigenvalue weighted by atomic mass is 35.5. The number of ether oxygens (including phenoxy) is 1. The van der Waals surface area contributed by atoms with E-state index in [9.17, 15) is 4.39 Å². The molecule has 1 fully saturated rings. The SMILES string of the molecule is COc1ccc(CN2CCC(Nc3ccnc(Cl)c3)CC2)cc1F. The second-order valence-electron chi connectivity index (χ2n) is 6.03. The van der Waals surface area contributed by atoms with Crippen LogP contribution in [0, 0.1) is 5.82 Å². The van der Waals surface area contributed by atoms with Gasteiger partial charge in [-0.2, -0.15) is 0 Å². The van der Waals surface area contributed by atoms with Gasteiger partial charge >= 0.3 is 0 Å². The molecule has 3 rings (SSSR count). The molecule has 1 aliphatic rings. The average molecular weight is 350 g/mol. The van der Waals surface area contributed by atoms with E-state index < -0.39 is 0 Å². The molecule has 1 aromatic carbocycles. The molecule has 0 aliphatic carbocycles. The lowest BCUT2D eigenvalue weighted by Gasteiger charge is -2.33. The molecule has 6 heteroatoms. The van der Waals surface area contributed by atoms with Gasteiger partial charge in [0, 0.05) is 37.6 Å². The Morgan fingerprint density at radius 1 is 1.29 bits per heavy atom. The molecule has 24 heavy (non-hydrogen) atoms. The number of nitrogens with one attached hydrogen (secondary N) is 1. The topological polar surface area (TPSA) is 37.4 Å². The summed E-state index contributed by atoms with van der Waals surface area (Å²) in [5.41, 5.74) is 1.98. The number of likely N-dealkylation sites (tertiary alicyclic amines) is 1. The van der Waals surface area contributed by atoms with Crippen molar-refractivity contribution in [3.8, 4) is 5.75 Å². The van der Waals surface area contributed by atoms with Crippen LogP contribution in [0.15, 0.2) is 36.5 Å². The Morgan fingerprint density at radius 3 is 2.75 bits per heavy atom. The van der Waals surface area contributed by atoms with Crippen molar-refractivity contribution in [2.75, 3.05) is 25.5 Å². The maximum atomic E-state index is 13.8. The maximum absolute atomic E-state index is 13.8. The summed E-state index contributed by atoms with van der Waals surface area (Å²) in [5, 5.41) is 4.00. The lowest BCUT2D eigenvalue weighted by molar-refractivity contribution is 0.211. The van der Waals surface area contributed by atoms with Crippen molar-refractivity contribution in [1.82, 2.24) is 9.88 Å². The summed E-state index contributed by atoms with van der Waals surface area (Å²) in [7, 11) is 1.48. The predicted molar refractivity (Wildman–Crippen MR) is 94.1 cm³/mol. The zero-order chi connectivity index (χ0) is 16.9. The van der Waals surface area contributed by atoms with Crippen LogP contribution in [-0.2, 0) is 6.54 Å². The molecule has 0 bridgehead atoms. The summed E-state index contributed by atoms with van der Waals surface area (Å²) >= 11 is 5.91. The quantitative estimate of drug-likeness (QED) is 0.829. The monoisotopic (exact) mass is 349 g/mol. The molecule has 1 N–H and O–H groups in total. The number of hydrogen-bond donors (Lipinski definition) is 1. The number of halogens is 2. The van der Waals surface area contributed by atoms with Gasteiger partial charge in [-0.15, -0.1) is 0 Å². The zero-order valence-electron chi connectivity index (χ0n) is 13.6. The van der Waals surface area contributed by atoms with E-state index in [0.29, 0.717) is 11.2 Å². The molecule has 2 heterocycles. The summed E-state index contributed by atoms with van der Waals surface area (Å²) in [4.78, 5) is 6.34. The van der Waals surface area contributed by atoms with Gasteiger partial charge < -0.3 is 10.1 Å². The number of nitrogens with zero attached hydrogens (tertiary/aromatic N) is 2. The molecule has 0 radical (unpaired) electrons. The van der Waals surface area contributed by atoms with Crippen molar-refractivity contribution in [3.05, 3.63) is 53.1 Å². The predicted octanol–water partition coefficient (Wildman–Crippen LogP) is 3.96. The molecule has 0 atom stereocenters. The normalized spacial score (nSPS) is 16.1. The van der Waals surface area contributed by atoms with Crippen LogP contribution >= 0.6 is 11.6 Å². The molecule has 0 spiro atoms. The number of methoxy groups -OCH3 is 1. The number of pyridine rings is 1. The molecule has 0 unspecified atom stereocenters. The highest BCUT2D eigenvalue weighted by molar-refractivity contribution is 6.29. The van der Waals surface area contributed by atoms with Crippen LogP contribution in [0.2, 0.25) is 5.15 Å². The van der Waals surface area contributed by atoms with Gasteiger partial charge in [-0.05, 0) is 42.7 Å². The van der Waals surface area contributed by atoms with Crippen LogP contribution < -0.4 is 10.1 Å². The van der Waals surface area contributed by atoms with E-state index in [-0.39, 0.29) is 11.6 Å². The van der Waals surface area contributed by atoms with E-state index in [1.165, 1.54) is 7.11 Å². The molecule has 0 saturated carbocycles. The molecular weight excluding hydrogens is 329 g/mol. The van der Waals surface area contributed by atoms with Crippen molar-refractivity contribution in [2.45, 2.75) is 25.4 Å². The van der Waals surface area contributed by atoms with E-state index in [0.717, 1.165) is 43.7 Å². The molecule has 1 aliphatic heterocycles. The Hall–Kier alpha value is -1.85. The molecule has 1 saturated heterocycles. The number of aromatic nitrogens is 1. The zero-order valence-corrected chi connectivity index (χ0v) is 14.4. The van der Waals surface area contributed by atoms with E-state index in [2.05, 4.69) is 15.2 Å². The first-order chi connectivity index (χ1) is 11.6. The highest BCUT2D eigenvalue weighted by Gasteiger charge is 2.19. The molecule has 1 aromatic heterocycles. The minimum atomic E-state index is -0.305. The Kier molecular flexibility index (Phi) is 5.53. The Bertz CT molecular complexity index is 690. The van der Waals surface area contributed by atoms with Crippen molar-refractivity contribution in [1.29, 1.82) is 0 Å². The van der Waals surface area contributed by atoms with Gasteiger partial charge in [-0.1, -0.05) is 17.7 Å². The van der Waals surface area contributed by atoms with Crippen molar-refractivity contribution in [2.24, 2.45) is 0 Å². The first-order valence-corrected chi connectivity index (χ1v) is 8.44. The fraction of sp³-hybridized carbons (Fsp3) is 0.389. The minimum Gasteiger partial charge on any atom is -0.494 e. The summed E-state index contributed by atoms with van der Waals surface area (Å²) in [6, 6.07) is 9.36. The molecule has 0 amide bonds. The Morgan fingerprint density at radius 2 is 2.08 bits per heavy atom. The van der Waals surface area contributed by atoms with Crippen LogP contribution in [0.25, 0.3) is 0 Å². The molecular formula is C18H21ClFN3O. The number of benzene rings is 1. The van der Waals surface area contributed by atoms with Crippen LogP contribution in [-0.4, -0.2) is 36.1 Å². The second kappa shape index (κ2) is 7.81. The Balaban J connectivity index is 1.51. The van der Waals surface area contributed by atoms with Crippen LogP contribution in [0.3, 0.4) is 0 Å². The van der Waals surface area contributed by atoms with E-state index in [1.54, 1.807) is 18.3 Å². The third kappa shape index (κ3) is 4.36. The fourth-order valence-electron chi connectivity index (χ4n) is 3.03. The van der Waals surface area contributed by atoms with Crippen molar-refractivity contribution >= 4 is 17.3 Å². The smallest absolute Gasteiger partial charge is 0.165 e. The third-order valence-corrected chi connectivity index (χ3v) is 4.51. The van der Waals surface area contributed by atoms with E-state index in [4.69, 9.17) is 16.3 Å². The summed E-state index contributed by atoms with van der Waals surface area (Å²) in [6.07, 6.45) is 3.79. The van der Waals surface area contributed by atoms with Crippen molar-refractivity contribution in [3.63, 3.8) is 0 Å². The van der Waals surface area contributed by atoms with Crippen LogP contribution in [0.5, 0.6) is 5.75 Å². The first kappa shape index (κ1) is 17.0. The van der Waals surface area contributed by atoms with Gasteiger partial charge in [0.2, 0.25) is 0 Å². The van der Waals surface area contributed by atoms with Gasteiger partial charge in [-0.25, -0.2) is 9.37 Å². The minimum absolute atomic E-state index is 0.290. The lowest BCUT2D eigenvalue weighted by Crippen LogP contribution is -2.38. The van der Waals surface area contributed by atoms with Gasteiger partial charge in [0.25, 0.3) is 0 Å². The first-order valence-electron chi connectivity index (χ1n) is 8.07. The van der Waals surface area contributed by atoms with E-state index in [1.807, 2.05) is 18.2 Å². The number of hydrogen-bond acceptors (Lipinski definition) is 4. The van der Waals surface area contributed by atoms with Crippen LogP contribution in [0.1, 0.15) is 18.4 Å². The summed E-state index contributed by atoms with van der Waals surface area (Å²) in [6.45, 7) is 2.71. The lowest BCUT2D eigenvalue weighted by atomic mass is 10.0. The van der Waals surface area contributed by atoms with Gasteiger partial charge in [0.1, 0.15) is 5.15 Å². The summed E-state index contributed by atoms with van der Waals surface area (Å²) < 4.78 is 18.7. The Labute approximate surface area is 146 Å². The highest BCUT2D eigenvalue weighted by Crippen LogP contribution is 2.22. The number of rotatable bonds is 5. The fourth-order valence-corrected chi connectivity index (χ4v) is 3.20. The van der Waals surface area contributed by atoms with Gasteiger partial charge in [-0.3, -0.25) is 4.90 Å².